The molecule has 2 aliphatic rings. The molecule has 4 aromatic rings. The van der Waals surface area contributed by atoms with Crippen LogP contribution in [0.2, 0.25) is 0 Å². The maximum absolute atomic E-state index is 13.3. The normalized spacial score (nSPS) is 19.7. The van der Waals surface area contributed by atoms with Crippen molar-refractivity contribution >= 4 is 27.7 Å². The van der Waals surface area contributed by atoms with Crippen molar-refractivity contribution in [2.24, 2.45) is 0 Å². The SMILES string of the molecule is O=C(CN1CCCCC1c1cc2ccccc2[nH]1)N1CCc2[nH]c3ccccc3c2C1. The maximum atomic E-state index is 13.3. The number of carbonyl (C=O) groups is 1. The molecule has 1 saturated heterocycles. The van der Waals surface area contributed by atoms with Crippen LogP contribution in [0.4, 0.5) is 0 Å². The number of hydrogen-bond acceptors (Lipinski definition) is 2. The quantitative estimate of drug-likeness (QED) is 0.510. The van der Waals surface area contributed by atoms with Crippen LogP contribution in [-0.4, -0.2) is 45.3 Å². The van der Waals surface area contributed by atoms with Crippen molar-refractivity contribution in [1.82, 2.24) is 19.8 Å². The molecule has 1 fully saturated rings. The van der Waals surface area contributed by atoms with Gasteiger partial charge in [0.15, 0.2) is 0 Å². The van der Waals surface area contributed by atoms with Gasteiger partial charge in [0.25, 0.3) is 0 Å². The number of amides is 1. The molecule has 5 nitrogen and oxygen atoms in total. The van der Waals surface area contributed by atoms with E-state index in [1.807, 2.05) is 0 Å². The number of aromatic amines is 2. The van der Waals surface area contributed by atoms with Crippen molar-refractivity contribution in [2.45, 2.75) is 38.3 Å². The predicted octanol–water partition coefficient (Wildman–Crippen LogP) is 4.76. The first-order valence-electron chi connectivity index (χ1n) is 11.4. The highest BCUT2D eigenvalue weighted by molar-refractivity contribution is 5.86. The fourth-order valence-electron chi connectivity index (χ4n) is 5.46. The first-order chi connectivity index (χ1) is 15.3. The molecule has 31 heavy (non-hydrogen) atoms. The van der Waals surface area contributed by atoms with E-state index in [4.69, 9.17) is 0 Å². The Labute approximate surface area is 182 Å². The van der Waals surface area contributed by atoms with Crippen LogP contribution in [0.1, 0.15) is 42.3 Å². The van der Waals surface area contributed by atoms with Gasteiger partial charge >= 0.3 is 0 Å². The zero-order valence-corrected chi connectivity index (χ0v) is 17.7. The van der Waals surface area contributed by atoms with E-state index >= 15 is 0 Å². The molecule has 0 bridgehead atoms. The molecule has 0 spiro atoms. The summed E-state index contributed by atoms with van der Waals surface area (Å²) in [5, 5.41) is 2.50. The Morgan fingerprint density at radius 3 is 2.71 bits per heavy atom. The van der Waals surface area contributed by atoms with E-state index in [9.17, 15) is 4.79 Å². The number of fused-ring (bicyclic) bond motifs is 4. The summed E-state index contributed by atoms with van der Waals surface area (Å²) < 4.78 is 0. The van der Waals surface area contributed by atoms with Gasteiger partial charge in [-0.2, -0.15) is 0 Å². The number of likely N-dealkylation sites (tertiary alicyclic amines) is 1. The van der Waals surface area contributed by atoms with E-state index in [-0.39, 0.29) is 5.91 Å². The second kappa shape index (κ2) is 7.57. The first-order valence-corrected chi connectivity index (χ1v) is 11.4. The molecular formula is C26H28N4O. The Morgan fingerprint density at radius 2 is 1.81 bits per heavy atom. The van der Waals surface area contributed by atoms with Gasteiger partial charge in [0.05, 0.1) is 12.6 Å². The first kappa shape index (κ1) is 18.7. The molecule has 2 aromatic carbocycles. The summed E-state index contributed by atoms with van der Waals surface area (Å²) in [5.74, 6) is 0.249. The number of rotatable bonds is 3. The number of carbonyl (C=O) groups excluding carboxylic acids is 1. The van der Waals surface area contributed by atoms with Gasteiger partial charge in [0.2, 0.25) is 5.91 Å². The number of piperidine rings is 1. The lowest BCUT2D eigenvalue weighted by Gasteiger charge is -2.37. The lowest BCUT2D eigenvalue weighted by Crippen LogP contribution is -2.45. The van der Waals surface area contributed by atoms with E-state index in [0.717, 1.165) is 32.4 Å². The Morgan fingerprint density at radius 1 is 0.968 bits per heavy atom. The second-order valence-electron chi connectivity index (χ2n) is 8.99. The van der Waals surface area contributed by atoms with Crippen molar-refractivity contribution in [3.05, 3.63) is 71.5 Å². The summed E-state index contributed by atoms with van der Waals surface area (Å²) in [6, 6.07) is 19.4. The van der Waals surface area contributed by atoms with E-state index < -0.39 is 0 Å². The molecule has 4 heterocycles. The molecule has 0 aliphatic carbocycles. The van der Waals surface area contributed by atoms with E-state index in [1.165, 1.54) is 45.2 Å². The lowest BCUT2D eigenvalue weighted by atomic mass is 9.99. The predicted molar refractivity (Wildman–Crippen MR) is 124 cm³/mol. The monoisotopic (exact) mass is 412 g/mol. The fraction of sp³-hybridized carbons (Fsp3) is 0.346. The number of benzene rings is 2. The molecule has 158 valence electrons. The van der Waals surface area contributed by atoms with Gasteiger partial charge in [-0.05, 0) is 43.0 Å². The van der Waals surface area contributed by atoms with Gasteiger partial charge in [-0.25, -0.2) is 0 Å². The van der Waals surface area contributed by atoms with Crippen molar-refractivity contribution < 1.29 is 4.79 Å². The highest BCUT2D eigenvalue weighted by Crippen LogP contribution is 2.33. The van der Waals surface area contributed by atoms with E-state index in [0.29, 0.717) is 19.1 Å². The highest BCUT2D eigenvalue weighted by atomic mass is 16.2. The Hall–Kier alpha value is -3.05. The third kappa shape index (κ3) is 3.33. The van der Waals surface area contributed by atoms with Gasteiger partial charge in [-0.1, -0.05) is 42.8 Å². The number of hydrogen-bond donors (Lipinski definition) is 2. The number of nitrogens with zero attached hydrogens (tertiary/aromatic N) is 2. The van der Waals surface area contributed by atoms with Crippen molar-refractivity contribution in [3.8, 4) is 0 Å². The largest absolute Gasteiger partial charge is 0.358 e. The van der Waals surface area contributed by atoms with Crippen LogP contribution in [-0.2, 0) is 17.8 Å². The topological polar surface area (TPSA) is 55.1 Å². The van der Waals surface area contributed by atoms with Crippen LogP contribution in [0.5, 0.6) is 0 Å². The van der Waals surface area contributed by atoms with E-state index in [1.54, 1.807) is 0 Å². The molecule has 0 saturated carbocycles. The third-order valence-corrected chi connectivity index (χ3v) is 7.10. The smallest absolute Gasteiger partial charge is 0.237 e. The fourth-order valence-corrected chi connectivity index (χ4v) is 5.46. The summed E-state index contributed by atoms with van der Waals surface area (Å²) in [6.07, 6.45) is 4.39. The van der Waals surface area contributed by atoms with Gasteiger partial charge in [0, 0.05) is 52.9 Å². The average molecular weight is 413 g/mol. The number of nitrogens with one attached hydrogen (secondary N) is 2. The second-order valence-corrected chi connectivity index (χ2v) is 8.99. The van der Waals surface area contributed by atoms with Crippen LogP contribution in [0.3, 0.4) is 0 Å². The van der Waals surface area contributed by atoms with E-state index in [2.05, 4.69) is 74.4 Å². The molecule has 2 N–H and O–H groups in total. The molecule has 1 unspecified atom stereocenters. The highest BCUT2D eigenvalue weighted by Gasteiger charge is 2.30. The van der Waals surface area contributed by atoms with Gasteiger partial charge in [0.1, 0.15) is 0 Å². The summed E-state index contributed by atoms with van der Waals surface area (Å²) in [7, 11) is 0. The Kier molecular flexibility index (Phi) is 4.57. The molecule has 0 radical (unpaired) electrons. The zero-order valence-electron chi connectivity index (χ0n) is 17.7. The van der Waals surface area contributed by atoms with Gasteiger partial charge in [-0.3, -0.25) is 9.69 Å². The molecule has 2 aliphatic heterocycles. The zero-order chi connectivity index (χ0) is 20.8. The van der Waals surface area contributed by atoms with Crippen molar-refractivity contribution in [3.63, 3.8) is 0 Å². The van der Waals surface area contributed by atoms with Crippen molar-refractivity contribution in [2.75, 3.05) is 19.6 Å². The standard InChI is InChI=1S/C26H28N4O/c31-26(30-14-12-23-20(16-30)19-8-2-4-10-22(19)28-23)17-29-13-6-5-11-25(29)24-15-18-7-1-3-9-21(18)27-24/h1-4,7-10,15,25,27-28H,5-6,11-14,16-17H2. The summed E-state index contributed by atoms with van der Waals surface area (Å²) >= 11 is 0. The number of para-hydroxylation sites is 2. The maximum Gasteiger partial charge on any atom is 0.237 e. The minimum absolute atomic E-state index is 0.249. The van der Waals surface area contributed by atoms with Crippen LogP contribution >= 0.6 is 0 Å². The number of H-pyrrole nitrogens is 2. The van der Waals surface area contributed by atoms with Crippen LogP contribution in [0.25, 0.3) is 21.8 Å². The summed E-state index contributed by atoms with van der Waals surface area (Å²) in [5.41, 5.74) is 6.18. The van der Waals surface area contributed by atoms with Crippen LogP contribution in [0.15, 0.2) is 54.6 Å². The number of aromatic nitrogens is 2. The summed E-state index contributed by atoms with van der Waals surface area (Å²) in [4.78, 5) is 24.9. The summed E-state index contributed by atoms with van der Waals surface area (Å²) in [6.45, 7) is 2.99. The molecular weight excluding hydrogens is 384 g/mol. The minimum atomic E-state index is 0.249. The molecule has 1 atom stereocenters. The van der Waals surface area contributed by atoms with Crippen LogP contribution < -0.4 is 0 Å². The Bertz CT molecular complexity index is 1220. The van der Waals surface area contributed by atoms with Gasteiger partial charge in [-0.15, -0.1) is 0 Å². The average Bonchev–Trinajstić information content (AvgIpc) is 3.40. The molecule has 2 aromatic heterocycles. The minimum Gasteiger partial charge on any atom is -0.358 e. The van der Waals surface area contributed by atoms with Gasteiger partial charge < -0.3 is 14.9 Å². The molecule has 1 amide bonds. The van der Waals surface area contributed by atoms with Crippen molar-refractivity contribution in [1.29, 1.82) is 0 Å². The van der Waals surface area contributed by atoms with Crippen LogP contribution in [0, 0.1) is 0 Å². The molecule has 6 rings (SSSR count). The lowest BCUT2D eigenvalue weighted by molar-refractivity contribution is -0.134. The third-order valence-electron chi connectivity index (χ3n) is 7.10. The molecule has 5 heteroatoms. The Balaban J connectivity index is 1.21.